The van der Waals surface area contributed by atoms with Crippen molar-refractivity contribution in [1.29, 1.82) is 0 Å². The third-order valence-corrected chi connectivity index (χ3v) is 1.76. The lowest BCUT2D eigenvalue weighted by atomic mass is 10.0. The molecule has 4 heteroatoms. The van der Waals surface area contributed by atoms with Gasteiger partial charge in [0.1, 0.15) is 6.04 Å². The van der Waals surface area contributed by atoms with Gasteiger partial charge in [-0.3, -0.25) is 10.1 Å². The van der Waals surface area contributed by atoms with Crippen LogP contribution in [-0.2, 0) is 9.53 Å². The van der Waals surface area contributed by atoms with E-state index >= 15 is 0 Å². The fraction of sp³-hybridized carbons (Fsp3) is 0.857. The predicted octanol–water partition coefficient (Wildman–Crippen LogP) is 1.07. The van der Waals surface area contributed by atoms with Crippen LogP contribution in [0.3, 0.4) is 0 Å². The molecule has 1 rings (SSSR count). The topological polar surface area (TPSA) is 38.3 Å². The normalized spacial score (nSPS) is 31.1. The summed E-state index contributed by atoms with van der Waals surface area (Å²) in [4.78, 5) is 11.0. The van der Waals surface area contributed by atoms with Gasteiger partial charge in [0, 0.05) is 0 Å². The van der Waals surface area contributed by atoms with E-state index in [2.05, 4.69) is 19.2 Å². The molecule has 1 saturated heterocycles. The first-order valence-corrected chi connectivity index (χ1v) is 4.14. The predicted molar refractivity (Wildman–Crippen MR) is 42.1 cm³/mol. The van der Waals surface area contributed by atoms with Crippen molar-refractivity contribution in [2.45, 2.75) is 32.0 Å². The molecule has 64 valence electrons. The number of nitrogens with one attached hydrogen (secondary N) is 1. The molecule has 0 aromatic heterocycles. The van der Waals surface area contributed by atoms with Crippen molar-refractivity contribution in [1.82, 2.24) is 5.32 Å². The molecule has 1 heterocycles. The molecule has 3 nitrogen and oxygen atoms in total. The molecule has 1 N–H and O–H groups in total. The van der Waals surface area contributed by atoms with E-state index in [1.807, 2.05) is 0 Å². The second kappa shape index (κ2) is 3.41. The highest BCUT2D eigenvalue weighted by Gasteiger charge is 2.32. The zero-order chi connectivity index (χ0) is 8.43. The van der Waals surface area contributed by atoms with Crippen LogP contribution >= 0.6 is 11.6 Å². The Morgan fingerprint density at radius 2 is 2.36 bits per heavy atom. The molecule has 0 unspecified atom stereocenters. The lowest BCUT2D eigenvalue weighted by Crippen LogP contribution is -2.30. The molecule has 0 radical (unpaired) electrons. The summed E-state index contributed by atoms with van der Waals surface area (Å²) in [6.45, 7) is 4.10. The lowest BCUT2D eigenvalue weighted by Gasteiger charge is -2.07. The monoisotopic (exact) mass is 177 g/mol. The molecule has 0 aliphatic carbocycles. The molecule has 0 aromatic carbocycles. The molecule has 11 heavy (non-hydrogen) atoms. The summed E-state index contributed by atoms with van der Waals surface area (Å²) in [5.41, 5.74) is -0.633. The molecule has 1 aliphatic heterocycles. The Kier molecular flexibility index (Phi) is 2.73. The SMILES string of the molecule is CC(C)C[C@@H]1N[C@@H](Cl)OC1=O. The number of halogens is 1. The maximum atomic E-state index is 11.0. The highest BCUT2D eigenvalue weighted by molar-refractivity contribution is 6.20. The number of carbonyl (C=O) groups is 1. The van der Waals surface area contributed by atoms with Gasteiger partial charge in [0.25, 0.3) is 0 Å². The molecule has 0 aromatic rings. The second-order valence-electron chi connectivity index (χ2n) is 3.10. The minimum atomic E-state index is -0.633. The van der Waals surface area contributed by atoms with E-state index in [1.165, 1.54) is 0 Å². The summed E-state index contributed by atoms with van der Waals surface area (Å²) in [5, 5.41) is 2.83. The molecule has 1 fully saturated rings. The summed E-state index contributed by atoms with van der Waals surface area (Å²) in [7, 11) is 0. The van der Waals surface area contributed by atoms with Gasteiger partial charge in [-0.1, -0.05) is 25.4 Å². The van der Waals surface area contributed by atoms with Gasteiger partial charge in [0.15, 0.2) is 0 Å². The van der Waals surface area contributed by atoms with Crippen molar-refractivity contribution >= 4 is 17.6 Å². The van der Waals surface area contributed by atoms with Crippen LogP contribution in [0, 0.1) is 5.92 Å². The Morgan fingerprint density at radius 3 is 2.73 bits per heavy atom. The maximum Gasteiger partial charge on any atom is 0.325 e. The number of esters is 1. The Balaban J connectivity index is 2.41. The highest BCUT2D eigenvalue weighted by atomic mass is 35.5. The van der Waals surface area contributed by atoms with Gasteiger partial charge in [0.2, 0.25) is 5.69 Å². The molecular weight excluding hydrogens is 166 g/mol. The van der Waals surface area contributed by atoms with Gasteiger partial charge in [0.05, 0.1) is 0 Å². The number of alkyl halides is 1. The second-order valence-corrected chi connectivity index (χ2v) is 3.50. The van der Waals surface area contributed by atoms with Crippen molar-refractivity contribution in [3.63, 3.8) is 0 Å². The number of hydrogen-bond donors (Lipinski definition) is 1. The van der Waals surface area contributed by atoms with Crippen LogP contribution in [0.25, 0.3) is 0 Å². The molecule has 1 aliphatic rings. The van der Waals surface area contributed by atoms with E-state index in [0.29, 0.717) is 5.92 Å². The van der Waals surface area contributed by atoms with Crippen LogP contribution in [0.4, 0.5) is 0 Å². The van der Waals surface area contributed by atoms with Crippen molar-refractivity contribution in [3.8, 4) is 0 Å². The summed E-state index contributed by atoms with van der Waals surface area (Å²) in [5.74, 6) is 0.237. The van der Waals surface area contributed by atoms with Crippen molar-refractivity contribution in [3.05, 3.63) is 0 Å². The average molecular weight is 178 g/mol. The van der Waals surface area contributed by atoms with Crippen LogP contribution in [0.2, 0.25) is 0 Å². The highest BCUT2D eigenvalue weighted by Crippen LogP contribution is 2.14. The van der Waals surface area contributed by atoms with Crippen LogP contribution in [0.1, 0.15) is 20.3 Å². The smallest absolute Gasteiger partial charge is 0.325 e. The van der Waals surface area contributed by atoms with Crippen LogP contribution in [0.5, 0.6) is 0 Å². The largest absolute Gasteiger partial charge is 0.431 e. The van der Waals surface area contributed by atoms with Crippen molar-refractivity contribution < 1.29 is 9.53 Å². The van der Waals surface area contributed by atoms with Crippen LogP contribution < -0.4 is 5.32 Å². The fourth-order valence-corrected chi connectivity index (χ4v) is 1.32. The average Bonchev–Trinajstić information content (AvgIpc) is 2.09. The Morgan fingerprint density at radius 1 is 1.73 bits per heavy atom. The summed E-state index contributed by atoms with van der Waals surface area (Å²) in [6.07, 6.45) is 0.780. The Labute approximate surface area is 71.1 Å². The molecule has 0 bridgehead atoms. The first kappa shape index (κ1) is 8.81. The van der Waals surface area contributed by atoms with Gasteiger partial charge < -0.3 is 4.74 Å². The van der Waals surface area contributed by atoms with Crippen molar-refractivity contribution in [2.75, 3.05) is 0 Å². The number of hydrogen-bond acceptors (Lipinski definition) is 3. The molecule has 0 amide bonds. The van der Waals surface area contributed by atoms with Gasteiger partial charge in [-0.25, -0.2) is 0 Å². The van der Waals surface area contributed by atoms with E-state index in [1.54, 1.807) is 0 Å². The standard InChI is InChI=1S/C7H12ClNO2/c1-4(2)3-5-6(10)11-7(8)9-5/h4-5,7,9H,3H2,1-2H3/t5-,7+/m0/s1. The quantitative estimate of drug-likeness (QED) is 0.390. The summed E-state index contributed by atoms with van der Waals surface area (Å²) in [6, 6.07) is -0.211. The van der Waals surface area contributed by atoms with Crippen LogP contribution in [-0.4, -0.2) is 17.7 Å². The minimum Gasteiger partial charge on any atom is -0.431 e. The molecule has 2 atom stereocenters. The number of ether oxygens (including phenoxy) is 1. The summed E-state index contributed by atoms with van der Waals surface area (Å²) < 4.78 is 4.69. The zero-order valence-electron chi connectivity index (χ0n) is 6.63. The molecule has 0 spiro atoms. The first-order valence-electron chi connectivity index (χ1n) is 3.70. The van der Waals surface area contributed by atoms with E-state index in [9.17, 15) is 4.79 Å². The van der Waals surface area contributed by atoms with E-state index in [0.717, 1.165) is 6.42 Å². The lowest BCUT2D eigenvalue weighted by molar-refractivity contribution is -0.140. The minimum absolute atomic E-state index is 0.211. The molecular formula is C7H12ClNO2. The van der Waals surface area contributed by atoms with Gasteiger partial charge in [-0.05, 0) is 12.3 Å². The third-order valence-electron chi connectivity index (χ3n) is 1.54. The van der Waals surface area contributed by atoms with E-state index < -0.39 is 5.69 Å². The van der Waals surface area contributed by atoms with Gasteiger partial charge in [-0.2, -0.15) is 0 Å². The van der Waals surface area contributed by atoms with Gasteiger partial charge in [-0.15, -0.1) is 0 Å². The zero-order valence-corrected chi connectivity index (χ0v) is 7.39. The first-order chi connectivity index (χ1) is 5.09. The van der Waals surface area contributed by atoms with E-state index in [4.69, 9.17) is 16.3 Å². The maximum absolute atomic E-state index is 11.0. The third kappa shape index (κ3) is 2.34. The fourth-order valence-electron chi connectivity index (χ4n) is 1.08. The van der Waals surface area contributed by atoms with Gasteiger partial charge >= 0.3 is 5.97 Å². The number of cyclic esters (lactones) is 1. The van der Waals surface area contributed by atoms with Crippen LogP contribution in [0.15, 0.2) is 0 Å². The molecule has 0 saturated carbocycles. The van der Waals surface area contributed by atoms with E-state index in [-0.39, 0.29) is 12.0 Å². The number of rotatable bonds is 2. The van der Waals surface area contributed by atoms with Crippen molar-refractivity contribution in [2.24, 2.45) is 5.92 Å². The Hall–Kier alpha value is -0.280. The summed E-state index contributed by atoms with van der Waals surface area (Å²) >= 11 is 5.53. The Bertz CT molecular complexity index is 161. The number of carbonyl (C=O) groups excluding carboxylic acids is 1.